The predicted octanol–water partition coefficient (Wildman–Crippen LogP) is 3.48. The zero-order chi connectivity index (χ0) is 13.7. The molecule has 0 bridgehead atoms. The molecule has 2 nitrogen and oxygen atoms in total. The molecule has 1 rings (SSSR count). The molecule has 0 radical (unpaired) electrons. The van der Waals surface area contributed by atoms with E-state index in [0.717, 1.165) is 0 Å². The second kappa shape index (κ2) is 6.34. The maximum Gasteiger partial charge on any atom is 0.247 e. The first-order valence-electron chi connectivity index (χ1n) is 6.17. The largest absolute Gasteiger partial charge is 0.334 e. The quantitative estimate of drug-likeness (QED) is 0.748. The number of carbonyl (C=O) groups is 1. The monoisotopic (exact) mass is 249 g/mol. The van der Waals surface area contributed by atoms with E-state index in [4.69, 9.17) is 0 Å². The SMILES string of the molecule is CC(C)N(C(=O)/C=C/c1cccc(F)c1)C(C)C. The number of halogens is 1. The molecule has 0 fully saturated rings. The van der Waals surface area contributed by atoms with Crippen molar-refractivity contribution in [2.45, 2.75) is 39.8 Å². The molecule has 0 atom stereocenters. The van der Waals surface area contributed by atoms with E-state index in [1.54, 1.807) is 23.1 Å². The Kier molecular flexibility index (Phi) is 5.08. The number of carbonyl (C=O) groups excluding carboxylic acids is 1. The van der Waals surface area contributed by atoms with Crippen molar-refractivity contribution in [3.8, 4) is 0 Å². The molecule has 1 aromatic carbocycles. The molecule has 0 aliphatic rings. The van der Waals surface area contributed by atoms with Crippen molar-refractivity contribution < 1.29 is 9.18 Å². The number of hydrogen-bond acceptors (Lipinski definition) is 1. The topological polar surface area (TPSA) is 20.3 Å². The number of nitrogens with zero attached hydrogens (tertiary/aromatic N) is 1. The fourth-order valence-electron chi connectivity index (χ4n) is 1.97. The summed E-state index contributed by atoms with van der Waals surface area (Å²) < 4.78 is 13.0. The lowest BCUT2D eigenvalue weighted by Crippen LogP contribution is -2.41. The predicted molar refractivity (Wildman–Crippen MR) is 72.6 cm³/mol. The Morgan fingerprint density at radius 3 is 2.33 bits per heavy atom. The van der Waals surface area contributed by atoms with Crippen molar-refractivity contribution in [1.82, 2.24) is 4.90 Å². The molecule has 0 spiro atoms. The molecule has 0 saturated heterocycles. The first-order chi connectivity index (χ1) is 8.41. The third-order valence-corrected chi connectivity index (χ3v) is 2.63. The summed E-state index contributed by atoms with van der Waals surface area (Å²) in [6.45, 7) is 7.92. The standard InChI is InChI=1S/C15H20FNO/c1-11(2)17(12(3)4)15(18)9-8-13-6-5-7-14(16)10-13/h5-12H,1-4H3/b9-8+. The van der Waals surface area contributed by atoms with Gasteiger partial charge >= 0.3 is 0 Å². The van der Waals surface area contributed by atoms with Crippen LogP contribution in [-0.4, -0.2) is 22.9 Å². The third-order valence-electron chi connectivity index (χ3n) is 2.63. The fourth-order valence-corrected chi connectivity index (χ4v) is 1.97. The molecule has 18 heavy (non-hydrogen) atoms. The van der Waals surface area contributed by atoms with Crippen molar-refractivity contribution in [3.63, 3.8) is 0 Å². The van der Waals surface area contributed by atoms with E-state index in [-0.39, 0.29) is 23.8 Å². The van der Waals surface area contributed by atoms with Crippen molar-refractivity contribution in [2.24, 2.45) is 0 Å². The van der Waals surface area contributed by atoms with Crippen molar-refractivity contribution >= 4 is 12.0 Å². The minimum absolute atomic E-state index is 0.0516. The van der Waals surface area contributed by atoms with Crippen LogP contribution in [0.25, 0.3) is 6.08 Å². The Labute approximate surface area is 108 Å². The molecule has 3 heteroatoms. The summed E-state index contributed by atoms with van der Waals surface area (Å²) in [5, 5.41) is 0. The normalized spacial score (nSPS) is 11.5. The van der Waals surface area contributed by atoms with Crippen molar-refractivity contribution in [3.05, 3.63) is 41.7 Å². The lowest BCUT2D eigenvalue weighted by Gasteiger charge is -2.29. The van der Waals surface area contributed by atoms with Crippen LogP contribution in [-0.2, 0) is 4.79 Å². The van der Waals surface area contributed by atoms with E-state index in [9.17, 15) is 9.18 Å². The maximum absolute atomic E-state index is 13.0. The zero-order valence-corrected chi connectivity index (χ0v) is 11.4. The van der Waals surface area contributed by atoms with E-state index in [0.29, 0.717) is 5.56 Å². The van der Waals surface area contributed by atoms with E-state index in [1.807, 2.05) is 27.7 Å². The van der Waals surface area contributed by atoms with Crippen LogP contribution in [0.3, 0.4) is 0 Å². The van der Waals surface area contributed by atoms with E-state index >= 15 is 0 Å². The average Bonchev–Trinajstić information content (AvgIpc) is 2.25. The van der Waals surface area contributed by atoms with Gasteiger partial charge in [0.05, 0.1) is 0 Å². The van der Waals surface area contributed by atoms with Gasteiger partial charge in [-0.05, 0) is 51.5 Å². The van der Waals surface area contributed by atoms with Gasteiger partial charge < -0.3 is 4.90 Å². The summed E-state index contributed by atoms with van der Waals surface area (Å²) in [6.07, 6.45) is 3.14. The highest BCUT2D eigenvalue weighted by atomic mass is 19.1. The first-order valence-corrected chi connectivity index (χ1v) is 6.17. The molecule has 0 unspecified atom stereocenters. The van der Waals surface area contributed by atoms with Crippen LogP contribution >= 0.6 is 0 Å². The summed E-state index contributed by atoms with van der Waals surface area (Å²) in [5.74, 6) is -0.349. The van der Waals surface area contributed by atoms with Gasteiger partial charge in [0.1, 0.15) is 5.82 Å². The summed E-state index contributed by atoms with van der Waals surface area (Å²) in [4.78, 5) is 13.8. The fraction of sp³-hybridized carbons (Fsp3) is 0.400. The van der Waals surface area contributed by atoms with Crippen LogP contribution in [0.4, 0.5) is 4.39 Å². The van der Waals surface area contributed by atoms with Crippen LogP contribution in [0.15, 0.2) is 30.3 Å². The summed E-state index contributed by atoms with van der Waals surface area (Å²) in [5.41, 5.74) is 0.691. The molecule has 1 aromatic rings. The molecule has 0 aliphatic carbocycles. The van der Waals surface area contributed by atoms with E-state index in [1.165, 1.54) is 18.2 Å². The Bertz CT molecular complexity index is 430. The van der Waals surface area contributed by atoms with Gasteiger partial charge in [-0.15, -0.1) is 0 Å². The smallest absolute Gasteiger partial charge is 0.247 e. The minimum Gasteiger partial charge on any atom is -0.334 e. The zero-order valence-electron chi connectivity index (χ0n) is 11.4. The minimum atomic E-state index is -0.297. The van der Waals surface area contributed by atoms with Crippen LogP contribution in [0.1, 0.15) is 33.3 Å². The Morgan fingerprint density at radius 1 is 1.22 bits per heavy atom. The Balaban J connectivity index is 2.80. The van der Waals surface area contributed by atoms with Gasteiger partial charge in [0.2, 0.25) is 5.91 Å². The van der Waals surface area contributed by atoms with Gasteiger partial charge in [0.15, 0.2) is 0 Å². The highest BCUT2D eigenvalue weighted by molar-refractivity contribution is 5.92. The van der Waals surface area contributed by atoms with Gasteiger partial charge in [-0.1, -0.05) is 12.1 Å². The second-order valence-electron chi connectivity index (χ2n) is 4.82. The second-order valence-corrected chi connectivity index (χ2v) is 4.82. The highest BCUT2D eigenvalue weighted by Crippen LogP contribution is 2.09. The lowest BCUT2D eigenvalue weighted by atomic mass is 10.2. The van der Waals surface area contributed by atoms with Crippen LogP contribution < -0.4 is 0 Å². The van der Waals surface area contributed by atoms with Gasteiger partial charge in [-0.25, -0.2) is 4.39 Å². The molecule has 0 saturated carbocycles. The van der Waals surface area contributed by atoms with Crippen molar-refractivity contribution in [1.29, 1.82) is 0 Å². The molecule has 0 N–H and O–H groups in total. The molecule has 1 amide bonds. The summed E-state index contributed by atoms with van der Waals surface area (Å²) in [7, 11) is 0. The van der Waals surface area contributed by atoms with Gasteiger partial charge in [0, 0.05) is 18.2 Å². The van der Waals surface area contributed by atoms with Crippen LogP contribution in [0.2, 0.25) is 0 Å². The van der Waals surface area contributed by atoms with E-state index in [2.05, 4.69) is 0 Å². The number of rotatable bonds is 4. The number of amides is 1. The molecule has 0 heterocycles. The Hall–Kier alpha value is -1.64. The van der Waals surface area contributed by atoms with Gasteiger partial charge in [-0.2, -0.15) is 0 Å². The van der Waals surface area contributed by atoms with Crippen LogP contribution in [0.5, 0.6) is 0 Å². The third kappa shape index (κ3) is 3.99. The summed E-state index contributed by atoms with van der Waals surface area (Å²) >= 11 is 0. The molecule has 98 valence electrons. The lowest BCUT2D eigenvalue weighted by molar-refractivity contribution is -0.129. The first kappa shape index (κ1) is 14.4. The van der Waals surface area contributed by atoms with Gasteiger partial charge in [-0.3, -0.25) is 4.79 Å². The Morgan fingerprint density at radius 2 is 1.83 bits per heavy atom. The van der Waals surface area contributed by atoms with Crippen LogP contribution in [0, 0.1) is 5.82 Å². The number of hydrogen-bond donors (Lipinski definition) is 0. The molecule has 0 aliphatic heterocycles. The molecule has 0 aromatic heterocycles. The van der Waals surface area contributed by atoms with Gasteiger partial charge in [0.25, 0.3) is 0 Å². The maximum atomic E-state index is 13.0. The van der Waals surface area contributed by atoms with E-state index < -0.39 is 0 Å². The summed E-state index contributed by atoms with van der Waals surface area (Å²) in [6, 6.07) is 6.47. The van der Waals surface area contributed by atoms with Crippen molar-refractivity contribution in [2.75, 3.05) is 0 Å². The molecular formula is C15H20FNO. The average molecular weight is 249 g/mol. The number of benzene rings is 1. The highest BCUT2D eigenvalue weighted by Gasteiger charge is 2.17. The molecular weight excluding hydrogens is 229 g/mol.